The summed E-state index contributed by atoms with van der Waals surface area (Å²) in [7, 11) is 4.13. The average molecular weight is 340 g/mol. The fraction of sp³-hybridized carbons (Fsp3) is 0.714. The zero-order chi connectivity index (χ0) is 14.1. The lowest BCUT2D eigenvalue weighted by molar-refractivity contribution is 0.102. The summed E-state index contributed by atoms with van der Waals surface area (Å²) in [5.74, 6) is 2.48. The first kappa shape index (κ1) is 14.1. The van der Waals surface area contributed by atoms with Crippen LogP contribution in [-0.4, -0.2) is 54.6 Å². The van der Waals surface area contributed by atoms with Crippen molar-refractivity contribution in [2.45, 2.75) is 25.3 Å². The van der Waals surface area contributed by atoms with Crippen LogP contribution in [0.2, 0.25) is 0 Å². The first-order valence-electron chi connectivity index (χ1n) is 7.34. The Morgan fingerprint density at radius 1 is 1.35 bits per heavy atom. The van der Waals surface area contributed by atoms with Gasteiger partial charge in [-0.05, 0) is 54.7 Å². The predicted molar refractivity (Wildman–Crippen MR) is 85.3 cm³/mol. The predicted octanol–water partition coefficient (Wildman–Crippen LogP) is 2.20. The van der Waals surface area contributed by atoms with Crippen LogP contribution in [0.4, 0.5) is 11.8 Å². The van der Waals surface area contributed by atoms with E-state index in [-0.39, 0.29) is 0 Å². The van der Waals surface area contributed by atoms with Crippen LogP contribution in [0.5, 0.6) is 0 Å². The van der Waals surface area contributed by atoms with Crippen LogP contribution in [0.1, 0.15) is 19.3 Å². The lowest BCUT2D eigenvalue weighted by Gasteiger charge is -2.46. The minimum absolute atomic E-state index is 0.686. The van der Waals surface area contributed by atoms with E-state index in [1.165, 1.54) is 25.8 Å². The fourth-order valence-electron chi connectivity index (χ4n) is 3.55. The van der Waals surface area contributed by atoms with E-state index in [0.29, 0.717) is 5.95 Å². The zero-order valence-corrected chi connectivity index (χ0v) is 13.7. The molecule has 0 radical (unpaired) electrons. The van der Waals surface area contributed by atoms with E-state index in [1.807, 2.05) is 13.2 Å². The standard InChI is InChI=1S/C14H22BrN5/c1-16-14-17-8-11(15)13(18-14)20-7-5-12-10(9-20)4-3-6-19(12)2/h8,10,12H,3-7,9H2,1-2H3,(H,16,17,18). The number of nitrogens with zero attached hydrogens (tertiary/aromatic N) is 4. The molecule has 0 saturated carbocycles. The van der Waals surface area contributed by atoms with E-state index in [4.69, 9.17) is 0 Å². The van der Waals surface area contributed by atoms with E-state index in [2.05, 4.69) is 48.1 Å². The maximum atomic E-state index is 4.61. The van der Waals surface area contributed by atoms with Crippen molar-refractivity contribution < 1.29 is 0 Å². The minimum Gasteiger partial charge on any atom is -0.357 e. The monoisotopic (exact) mass is 339 g/mol. The van der Waals surface area contributed by atoms with E-state index < -0.39 is 0 Å². The second-order valence-corrected chi connectivity index (χ2v) is 6.65. The second-order valence-electron chi connectivity index (χ2n) is 5.80. The van der Waals surface area contributed by atoms with Crippen LogP contribution in [0.25, 0.3) is 0 Å². The fourth-order valence-corrected chi connectivity index (χ4v) is 3.99. The summed E-state index contributed by atoms with van der Waals surface area (Å²) in [5, 5.41) is 3.02. The molecule has 6 heteroatoms. The van der Waals surface area contributed by atoms with Gasteiger partial charge < -0.3 is 15.1 Å². The molecule has 0 aromatic carbocycles. The van der Waals surface area contributed by atoms with Gasteiger partial charge in [0.25, 0.3) is 0 Å². The molecule has 1 aromatic rings. The van der Waals surface area contributed by atoms with Crippen molar-refractivity contribution >= 4 is 27.7 Å². The molecular formula is C14H22BrN5. The minimum atomic E-state index is 0.686. The Balaban J connectivity index is 1.79. The van der Waals surface area contributed by atoms with E-state index >= 15 is 0 Å². The number of nitrogens with one attached hydrogen (secondary N) is 1. The average Bonchev–Trinajstić information content (AvgIpc) is 2.48. The number of hydrogen-bond donors (Lipinski definition) is 1. The molecule has 2 atom stereocenters. The number of anilines is 2. The molecular weight excluding hydrogens is 318 g/mol. The van der Waals surface area contributed by atoms with Crippen molar-refractivity contribution in [1.29, 1.82) is 0 Å². The normalized spacial score (nSPS) is 27.2. The quantitative estimate of drug-likeness (QED) is 0.894. The van der Waals surface area contributed by atoms with Crippen LogP contribution in [0.3, 0.4) is 0 Å². The third kappa shape index (κ3) is 2.63. The number of halogens is 1. The third-order valence-corrected chi connectivity index (χ3v) is 5.15. The molecule has 3 rings (SSSR count). The lowest BCUT2D eigenvalue weighted by Crippen LogP contribution is -2.53. The molecule has 2 aliphatic heterocycles. The Kier molecular flexibility index (Phi) is 4.12. The Morgan fingerprint density at radius 2 is 2.20 bits per heavy atom. The van der Waals surface area contributed by atoms with E-state index in [0.717, 1.165) is 35.3 Å². The number of aromatic nitrogens is 2. The van der Waals surface area contributed by atoms with Crippen molar-refractivity contribution in [2.24, 2.45) is 5.92 Å². The van der Waals surface area contributed by atoms with Gasteiger partial charge in [0, 0.05) is 32.4 Å². The number of hydrogen-bond acceptors (Lipinski definition) is 5. The first-order chi connectivity index (χ1) is 9.69. The highest BCUT2D eigenvalue weighted by atomic mass is 79.9. The van der Waals surface area contributed by atoms with Crippen LogP contribution in [-0.2, 0) is 0 Å². The molecule has 20 heavy (non-hydrogen) atoms. The van der Waals surface area contributed by atoms with Gasteiger partial charge in [-0.1, -0.05) is 0 Å². The Bertz CT molecular complexity index is 481. The van der Waals surface area contributed by atoms with Crippen molar-refractivity contribution in [1.82, 2.24) is 14.9 Å². The SMILES string of the molecule is CNc1ncc(Br)c(N2CCC3C(CCCN3C)C2)n1. The summed E-state index contributed by atoms with van der Waals surface area (Å²) < 4.78 is 0.985. The first-order valence-corrected chi connectivity index (χ1v) is 8.14. The molecule has 0 amide bonds. The van der Waals surface area contributed by atoms with Gasteiger partial charge in [0.15, 0.2) is 0 Å². The topological polar surface area (TPSA) is 44.3 Å². The molecule has 1 N–H and O–H groups in total. The Hall–Kier alpha value is -0.880. The summed E-state index contributed by atoms with van der Waals surface area (Å²) in [6, 6.07) is 0.754. The smallest absolute Gasteiger partial charge is 0.224 e. The summed E-state index contributed by atoms with van der Waals surface area (Å²) in [6.45, 7) is 3.43. The van der Waals surface area contributed by atoms with Gasteiger partial charge in [0.1, 0.15) is 5.82 Å². The lowest BCUT2D eigenvalue weighted by atomic mass is 9.84. The molecule has 5 nitrogen and oxygen atoms in total. The van der Waals surface area contributed by atoms with Gasteiger partial charge >= 0.3 is 0 Å². The highest BCUT2D eigenvalue weighted by molar-refractivity contribution is 9.10. The molecule has 3 heterocycles. The van der Waals surface area contributed by atoms with Crippen LogP contribution >= 0.6 is 15.9 Å². The Morgan fingerprint density at radius 3 is 3.00 bits per heavy atom. The molecule has 2 aliphatic rings. The van der Waals surface area contributed by atoms with Gasteiger partial charge in [-0.2, -0.15) is 4.98 Å². The molecule has 2 fully saturated rings. The Labute approximate surface area is 128 Å². The summed E-state index contributed by atoms with van der Waals surface area (Å²) in [6.07, 6.45) is 5.73. The van der Waals surface area contributed by atoms with E-state index in [1.54, 1.807) is 0 Å². The maximum absolute atomic E-state index is 4.61. The van der Waals surface area contributed by atoms with Gasteiger partial charge in [0.2, 0.25) is 5.95 Å². The second kappa shape index (κ2) is 5.85. The molecule has 0 bridgehead atoms. The molecule has 1 aromatic heterocycles. The highest BCUT2D eigenvalue weighted by Gasteiger charge is 2.35. The molecule has 0 spiro atoms. The number of rotatable bonds is 2. The number of piperidine rings is 2. The maximum Gasteiger partial charge on any atom is 0.224 e. The van der Waals surface area contributed by atoms with Crippen molar-refractivity contribution in [3.8, 4) is 0 Å². The summed E-state index contributed by atoms with van der Waals surface area (Å²) in [5.41, 5.74) is 0. The molecule has 2 unspecified atom stereocenters. The summed E-state index contributed by atoms with van der Waals surface area (Å²) >= 11 is 3.59. The van der Waals surface area contributed by atoms with Crippen molar-refractivity contribution in [3.05, 3.63) is 10.7 Å². The molecule has 0 aliphatic carbocycles. The van der Waals surface area contributed by atoms with E-state index in [9.17, 15) is 0 Å². The number of fused-ring (bicyclic) bond motifs is 1. The van der Waals surface area contributed by atoms with Crippen LogP contribution < -0.4 is 10.2 Å². The van der Waals surface area contributed by atoms with Gasteiger partial charge in [0.05, 0.1) is 4.47 Å². The van der Waals surface area contributed by atoms with Crippen molar-refractivity contribution in [3.63, 3.8) is 0 Å². The zero-order valence-electron chi connectivity index (χ0n) is 12.1. The van der Waals surface area contributed by atoms with Gasteiger partial charge in [-0.3, -0.25) is 0 Å². The van der Waals surface area contributed by atoms with Gasteiger partial charge in [-0.15, -0.1) is 0 Å². The largest absolute Gasteiger partial charge is 0.357 e. The number of likely N-dealkylation sites (tertiary alicyclic amines) is 1. The van der Waals surface area contributed by atoms with Gasteiger partial charge in [-0.25, -0.2) is 4.98 Å². The summed E-state index contributed by atoms with van der Waals surface area (Å²) in [4.78, 5) is 13.8. The van der Waals surface area contributed by atoms with Crippen LogP contribution in [0.15, 0.2) is 10.7 Å². The molecule has 2 saturated heterocycles. The third-order valence-electron chi connectivity index (χ3n) is 4.59. The molecule has 110 valence electrons. The highest BCUT2D eigenvalue weighted by Crippen LogP contribution is 2.33. The van der Waals surface area contributed by atoms with Crippen LogP contribution in [0, 0.1) is 5.92 Å². The van der Waals surface area contributed by atoms with Crippen molar-refractivity contribution in [2.75, 3.05) is 43.9 Å².